The molecule has 0 fully saturated rings. The van der Waals surface area contributed by atoms with Crippen molar-refractivity contribution >= 4 is 5.82 Å². The van der Waals surface area contributed by atoms with E-state index in [-0.39, 0.29) is 17.7 Å². The number of nitrogens with one attached hydrogen (secondary N) is 1. The number of alkyl halides is 2. The quantitative estimate of drug-likeness (QED) is 0.625. The number of nitrogens with zero attached hydrogens (tertiary/aromatic N) is 3. The number of aromatic nitrogens is 3. The van der Waals surface area contributed by atoms with E-state index in [4.69, 9.17) is 4.52 Å². The molecule has 142 valence electrons. The van der Waals surface area contributed by atoms with E-state index < -0.39 is 6.61 Å². The zero-order chi connectivity index (χ0) is 19.4. The summed E-state index contributed by atoms with van der Waals surface area (Å²) < 4.78 is 34.1. The van der Waals surface area contributed by atoms with Crippen molar-refractivity contribution in [2.75, 3.05) is 5.32 Å². The average Bonchev–Trinajstić information content (AvgIpc) is 3.12. The fraction of sp³-hybridized carbons (Fsp3) is 0.316. The molecule has 0 bridgehead atoms. The fourth-order valence-electron chi connectivity index (χ4n) is 2.47. The maximum Gasteiger partial charge on any atom is 0.387 e. The number of ether oxygens (including phenoxy) is 1. The van der Waals surface area contributed by atoms with Gasteiger partial charge in [-0.05, 0) is 36.8 Å². The average molecular weight is 374 g/mol. The first-order valence-electron chi connectivity index (χ1n) is 8.53. The van der Waals surface area contributed by atoms with Gasteiger partial charge in [0.1, 0.15) is 11.6 Å². The van der Waals surface area contributed by atoms with Crippen LogP contribution in [0.2, 0.25) is 0 Å². The van der Waals surface area contributed by atoms with Crippen LogP contribution in [0.3, 0.4) is 0 Å². The molecule has 0 aliphatic rings. The van der Waals surface area contributed by atoms with Crippen LogP contribution in [0, 0.1) is 0 Å². The van der Waals surface area contributed by atoms with Gasteiger partial charge in [0.15, 0.2) is 5.82 Å². The van der Waals surface area contributed by atoms with Gasteiger partial charge in [0, 0.05) is 23.7 Å². The number of rotatable bonds is 7. The predicted octanol–water partition coefficient (Wildman–Crippen LogP) is 5.03. The Morgan fingerprint density at radius 2 is 1.81 bits per heavy atom. The van der Waals surface area contributed by atoms with Crippen molar-refractivity contribution in [3.05, 3.63) is 54.0 Å². The van der Waals surface area contributed by atoms with Gasteiger partial charge in [0.05, 0.1) is 0 Å². The van der Waals surface area contributed by atoms with Crippen molar-refractivity contribution in [1.29, 1.82) is 0 Å². The molecule has 8 heteroatoms. The van der Waals surface area contributed by atoms with Gasteiger partial charge in [0.25, 0.3) is 5.89 Å². The van der Waals surface area contributed by atoms with Crippen LogP contribution >= 0.6 is 0 Å². The van der Waals surface area contributed by atoms with E-state index in [2.05, 4.69) is 25.2 Å². The number of halogens is 2. The Morgan fingerprint density at radius 3 is 2.44 bits per heavy atom. The third-order valence-electron chi connectivity index (χ3n) is 3.93. The molecule has 1 aromatic carbocycles. The topological polar surface area (TPSA) is 73.1 Å². The molecule has 1 N–H and O–H groups in total. The molecule has 2 heterocycles. The highest BCUT2D eigenvalue weighted by atomic mass is 19.3. The number of hydrogen-bond donors (Lipinski definition) is 1. The standard InChI is InChI=1S/C19H20F2N4O2/c1-11(2)17-24-18(27-25-17)14-8-9-22-16(10-14)23-12(3)13-4-6-15(7-5-13)26-19(20)21/h4-12,19H,1-3H3,(H,22,23). The van der Waals surface area contributed by atoms with Gasteiger partial charge < -0.3 is 14.6 Å². The monoisotopic (exact) mass is 374 g/mol. The summed E-state index contributed by atoms with van der Waals surface area (Å²) >= 11 is 0. The minimum Gasteiger partial charge on any atom is -0.435 e. The van der Waals surface area contributed by atoms with Crippen molar-refractivity contribution in [3.63, 3.8) is 0 Å². The molecule has 0 aliphatic carbocycles. The summed E-state index contributed by atoms with van der Waals surface area (Å²) in [6.45, 7) is 3.10. The first-order valence-corrected chi connectivity index (χ1v) is 8.53. The van der Waals surface area contributed by atoms with Crippen LogP contribution in [0.25, 0.3) is 11.5 Å². The molecule has 0 radical (unpaired) electrons. The summed E-state index contributed by atoms with van der Waals surface area (Å²) in [7, 11) is 0. The molecule has 3 aromatic rings. The second-order valence-electron chi connectivity index (χ2n) is 6.36. The molecule has 2 aromatic heterocycles. The molecule has 3 rings (SSSR count). The molecule has 1 atom stereocenters. The van der Waals surface area contributed by atoms with Crippen molar-refractivity contribution in [2.24, 2.45) is 0 Å². The number of pyridine rings is 1. The molecular weight excluding hydrogens is 354 g/mol. The largest absolute Gasteiger partial charge is 0.435 e. The van der Waals surface area contributed by atoms with Crippen LogP contribution < -0.4 is 10.1 Å². The lowest BCUT2D eigenvalue weighted by Gasteiger charge is -2.15. The summed E-state index contributed by atoms with van der Waals surface area (Å²) in [5.41, 5.74) is 1.67. The van der Waals surface area contributed by atoms with Gasteiger partial charge in [-0.25, -0.2) is 4.98 Å². The molecular formula is C19H20F2N4O2. The van der Waals surface area contributed by atoms with E-state index in [1.807, 2.05) is 26.8 Å². The van der Waals surface area contributed by atoms with Gasteiger partial charge in [-0.3, -0.25) is 0 Å². The van der Waals surface area contributed by atoms with Crippen LogP contribution in [0.5, 0.6) is 5.75 Å². The van der Waals surface area contributed by atoms with E-state index in [9.17, 15) is 8.78 Å². The third-order valence-corrected chi connectivity index (χ3v) is 3.93. The lowest BCUT2D eigenvalue weighted by atomic mass is 10.1. The summed E-state index contributed by atoms with van der Waals surface area (Å²) in [6, 6.07) is 10.00. The Labute approximate surface area is 155 Å². The van der Waals surface area contributed by atoms with E-state index in [1.54, 1.807) is 24.4 Å². The van der Waals surface area contributed by atoms with Gasteiger partial charge in [0.2, 0.25) is 0 Å². The Bertz CT molecular complexity index is 881. The van der Waals surface area contributed by atoms with Gasteiger partial charge in [-0.2, -0.15) is 13.8 Å². The zero-order valence-electron chi connectivity index (χ0n) is 15.2. The molecule has 0 saturated carbocycles. The van der Waals surface area contributed by atoms with Crippen LogP contribution in [0.1, 0.15) is 44.1 Å². The number of anilines is 1. The van der Waals surface area contributed by atoms with Crippen molar-refractivity contribution in [3.8, 4) is 17.2 Å². The Morgan fingerprint density at radius 1 is 1.07 bits per heavy atom. The Hall–Kier alpha value is -3.03. The van der Waals surface area contributed by atoms with Crippen molar-refractivity contribution < 1.29 is 18.0 Å². The van der Waals surface area contributed by atoms with Gasteiger partial charge in [-0.1, -0.05) is 31.1 Å². The molecule has 0 saturated heterocycles. The third kappa shape index (κ3) is 4.78. The smallest absolute Gasteiger partial charge is 0.387 e. The minimum atomic E-state index is -2.83. The molecule has 1 unspecified atom stereocenters. The van der Waals surface area contributed by atoms with E-state index in [0.29, 0.717) is 17.5 Å². The molecule has 27 heavy (non-hydrogen) atoms. The van der Waals surface area contributed by atoms with Crippen LogP contribution in [-0.4, -0.2) is 21.7 Å². The fourth-order valence-corrected chi connectivity index (χ4v) is 2.47. The summed E-state index contributed by atoms with van der Waals surface area (Å²) in [4.78, 5) is 8.69. The molecule has 6 nitrogen and oxygen atoms in total. The first kappa shape index (κ1) is 18.8. The van der Waals surface area contributed by atoms with E-state index in [0.717, 1.165) is 11.1 Å². The second-order valence-corrected chi connectivity index (χ2v) is 6.36. The summed E-state index contributed by atoms with van der Waals surface area (Å²) in [5.74, 6) is 2.02. The van der Waals surface area contributed by atoms with Crippen LogP contribution in [0.4, 0.5) is 14.6 Å². The highest BCUT2D eigenvalue weighted by Gasteiger charge is 2.13. The lowest BCUT2D eigenvalue weighted by Crippen LogP contribution is -2.08. The summed E-state index contributed by atoms with van der Waals surface area (Å²) in [6.07, 6.45) is 1.66. The maximum absolute atomic E-state index is 12.2. The van der Waals surface area contributed by atoms with Crippen LogP contribution in [0.15, 0.2) is 47.1 Å². The van der Waals surface area contributed by atoms with Crippen LogP contribution in [-0.2, 0) is 0 Å². The Kier molecular flexibility index (Phi) is 5.63. The normalized spacial score (nSPS) is 12.4. The minimum absolute atomic E-state index is 0.0951. The van der Waals surface area contributed by atoms with E-state index in [1.165, 1.54) is 12.1 Å². The predicted molar refractivity (Wildman–Crippen MR) is 96.7 cm³/mol. The van der Waals surface area contributed by atoms with Crippen molar-refractivity contribution in [2.45, 2.75) is 39.3 Å². The van der Waals surface area contributed by atoms with Gasteiger partial charge >= 0.3 is 6.61 Å². The van der Waals surface area contributed by atoms with Crippen molar-refractivity contribution in [1.82, 2.24) is 15.1 Å². The highest BCUT2D eigenvalue weighted by molar-refractivity contribution is 5.58. The van der Waals surface area contributed by atoms with E-state index >= 15 is 0 Å². The SMILES string of the molecule is CC(C)c1noc(-c2ccnc(NC(C)c3ccc(OC(F)F)cc3)c2)n1. The molecule has 0 spiro atoms. The zero-order valence-corrected chi connectivity index (χ0v) is 15.2. The second kappa shape index (κ2) is 8.11. The lowest BCUT2D eigenvalue weighted by molar-refractivity contribution is -0.0498. The molecule has 0 amide bonds. The number of hydrogen-bond acceptors (Lipinski definition) is 6. The highest BCUT2D eigenvalue weighted by Crippen LogP contribution is 2.25. The molecule has 0 aliphatic heterocycles. The maximum atomic E-state index is 12.2. The Balaban J connectivity index is 1.71. The van der Waals surface area contributed by atoms with Gasteiger partial charge in [-0.15, -0.1) is 0 Å². The first-order chi connectivity index (χ1) is 12.9. The summed E-state index contributed by atoms with van der Waals surface area (Å²) in [5, 5.41) is 7.23. The number of benzene rings is 1.